The van der Waals surface area contributed by atoms with Crippen molar-refractivity contribution in [3.05, 3.63) is 205 Å². The molecule has 10 rings (SSSR count). The first kappa shape index (κ1) is 31.1. The molecule has 2 nitrogen and oxygen atoms in total. The van der Waals surface area contributed by atoms with Gasteiger partial charge in [0, 0.05) is 38.9 Å². The molecular formula is C51H38N2. The largest absolute Gasteiger partial charge is 0.310 e. The zero-order valence-electron chi connectivity index (χ0n) is 29.9. The molecule has 1 aromatic heterocycles. The third-order valence-electron chi connectivity index (χ3n) is 11.2. The minimum Gasteiger partial charge on any atom is -0.310 e. The smallest absolute Gasteiger partial charge is 0.0562 e. The Morgan fingerprint density at radius 2 is 1.00 bits per heavy atom. The Kier molecular flexibility index (Phi) is 7.19. The highest BCUT2D eigenvalue weighted by Gasteiger charge is 2.35. The zero-order chi connectivity index (χ0) is 35.5. The third kappa shape index (κ3) is 5.02. The molecule has 0 N–H and O–H groups in total. The number of aromatic nitrogens is 1. The van der Waals surface area contributed by atoms with Crippen molar-refractivity contribution in [3.63, 3.8) is 0 Å². The lowest BCUT2D eigenvalue weighted by atomic mass is 9.81. The van der Waals surface area contributed by atoms with Crippen molar-refractivity contribution in [3.8, 4) is 39.1 Å². The Morgan fingerprint density at radius 1 is 0.396 bits per heavy atom. The van der Waals surface area contributed by atoms with Gasteiger partial charge >= 0.3 is 0 Å². The number of para-hydroxylation sites is 2. The van der Waals surface area contributed by atoms with Crippen LogP contribution in [0.4, 0.5) is 17.1 Å². The van der Waals surface area contributed by atoms with Gasteiger partial charge in [0.05, 0.1) is 11.0 Å². The van der Waals surface area contributed by atoms with Gasteiger partial charge in [-0.05, 0) is 105 Å². The van der Waals surface area contributed by atoms with Gasteiger partial charge in [-0.25, -0.2) is 0 Å². The molecule has 0 spiro atoms. The molecule has 1 aliphatic carbocycles. The van der Waals surface area contributed by atoms with Crippen LogP contribution in [-0.4, -0.2) is 4.57 Å². The number of fused-ring (bicyclic) bond motifs is 6. The van der Waals surface area contributed by atoms with Crippen LogP contribution in [0.25, 0.3) is 60.9 Å². The average molecular weight is 679 g/mol. The van der Waals surface area contributed by atoms with Gasteiger partial charge in [0.15, 0.2) is 0 Å². The van der Waals surface area contributed by atoms with Crippen LogP contribution in [-0.2, 0) is 5.41 Å². The van der Waals surface area contributed by atoms with Gasteiger partial charge in [-0.2, -0.15) is 0 Å². The molecule has 0 saturated carbocycles. The van der Waals surface area contributed by atoms with E-state index in [1.165, 1.54) is 66.3 Å². The summed E-state index contributed by atoms with van der Waals surface area (Å²) in [5.74, 6) is 0. The van der Waals surface area contributed by atoms with E-state index in [4.69, 9.17) is 0 Å². The lowest BCUT2D eigenvalue weighted by Gasteiger charge is -2.26. The lowest BCUT2D eigenvalue weighted by Crippen LogP contribution is -2.14. The van der Waals surface area contributed by atoms with Gasteiger partial charge in [0.25, 0.3) is 0 Å². The van der Waals surface area contributed by atoms with Crippen molar-refractivity contribution in [2.24, 2.45) is 0 Å². The molecule has 252 valence electrons. The predicted molar refractivity (Wildman–Crippen MR) is 224 cm³/mol. The molecule has 9 aromatic rings. The van der Waals surface area contributed by atoms with Crippen molar-refractivity contribution in [2.45, 2.75) is 19.3 Å². The van der Waals surface area contributed by atoms with Gasteiger partial charge < -0.3 is 9.47 Å². The number of hydrogen-bond donors (Lipinski definition) is 0. The average Bonchev–Trinajstić information content (AvgIpc) is 3.67. The first-order valence-corrected chi connectivity index (χ1v) is 18.4. The van der Waals surface area contributed by atoms with Crippen LogP contribution in [0.3, 0.4) is 0 Å². The first-order chi connectivity index (χ1) is 26.1. The summed E-state index contributed by atoms with van der Waals surface area (Å²) in [7, 11) is 0. The van der Waals surface area contributed by atoms with E-state index >= 15 is 0 Å². The molecule has 1 heterocycles. The van der Waals surface area contributed by atoms with Crippen molar-refractivity contribution >= 4 is 38.9 Å². The van der Waals surface area contributed by atoms with Gasteiger partial charge in [-0.15, -0.1) is 0 Å². The van der Waals surface area contributed by atoms with Crippen LogP contribution in [0.1, 0.15) is 25.0 Å². The van der Waals surface area contributed by atoms with E-state index in [-0.39, 0.29) is 5.41 Å². The summed E-state index contributed by atoms with van der Waals surface area (Å²) in [4.78, 5) is 2.37. The van der Waals surface area contributed by atoms with Crippen molar-refractivity contribution < 1.29 is 0 Å². The molecule has 53 heavy (non-hydrogen) atoms. The number of nitrogens with zero attached hydrogens (tertiary/aromatic N) is 2. The molecule has 0 atom stereocenters. The van der Waals surface area contributed by atoms with E-state index in [2.05, 4.69) is 217 Å². The van der Waals surface area contributed by atoms with E-state index in [9.17, 15) is 0 Å². The second kappa shape index (κ2) is 12.3. The summed E-state index contributed by atoms with van der Waals surface area (Å²) < 4.78 is 2.42. The van der Waals surface area contributed by atoms with Gasteiger partial charge in [-0.3, -0.25) is 0 Å². The van der Waals surface area contributed by atoms with E-state index < -0.39 is 0 Å². The second-order valence-corrected chi connectivity index (χ2v) is 14.6. The van der Waals surface area contributed by atoms with Gasteiger partial charge in [-0.1, -0.05) is 147 Å². The quantitative estimate of drug-likeness (QED) is 0.170. The normalized spacial score (nSPS) is 12.9. The fourth-order valence-corrected chi connectivity index (χ4v) is 8.62. The van der Waals surface area contributed by atoms with Crippen LogP contribution in [0.2, 0.25) is 0 Å². The summed E-state index contributed by atoms with van der Waals surface area (Å²) in [6, 6.07) is 70.7. The van der Waals surface area contributed by atoms with E-state index in [1.54, 1.807) is 0 Å². The number of rotatable bonds is 6. The summed E-state index contributed by atoms with van der Waals surface area (Å²) in [6.45, 7) is 4.69. The molecule has 0 saturated heterocycles. The molecule has 0 bridgehead atoms. The van der Waals surface area contributed by atoms with Crippen LogP contribution in [0, 0.1) is 0 Å². The van der Waals surface area contributed by atoms with Crippen LogP contribution < -0.4 is 4.90 Å². The molecule has 0 fully saturated rings. The number of benzene rings is 8. The Morgan fingerprint density at radius 3 is 1.77 bits per heavy atom. The maximum Gasteiger partial charge on any atom is 0.0562 e. The summed E-state index contributed by atoms with van der Waals surface area (Å²) in [5, 5.41) is 2.50. The zero-order valence-corrected chi connectivity index (χ0v) is 29.9. The molecule has 2 heteroatoms. The predicted octanol–water partition coefficient (Wildman–Crippen LogP) is 13.9. The number of anilines is 3. The molecule has 1 aliphatic rings. The molecule has 8 aromatic carbocycles. The van der Waals surface area contributed by atoms with Crippen molar-refractivity contribution in [1.29, 1.82) is 0 Å². The fraction of sp³-hybridized carbons (Fsp3) is 0.0588. The Bertz CT molecular complexity index is 2780. The van der Waals surface area contributed by atoms with Crippen LogP contribution >= 0.6 is 0 Å². The minimum atomic E-state index is -0.0330. The summed E-state index contributed by atoms with van der Waals surface area (Å²) in [5.41, 5.74) is 17.2. The molecule has 0 radical (unpaired) electrons. The van der Waals surface area contributed by atoms with Crippen LogP contribution in [0.15, 0.2) is 194 Å². The molecular weight excluding hydrogens is 641 g/mol. The first-order valence-electron chi connectivity index (χ1n) is 18.4. The Balaban J connectivity index is 1.11. The molecule has 0 aliphatic heterocycles. The van der Waals surface area contributed by atoms with Gasteiger partial charge in [0.2, 0.25) is 0 Å². The number of hydrogen-bond acceptors (Lipinski definition) is 1. The van der Waals surface area contributed by atoms with Crippen LogP contribution in [0.5, 0.6) is 0 Å². The maximum absolute atomic E-state index is 2.42. The topological polar surface area (TPSA) is 8.17 Å². The SMILES string of the molecule is CC1(C)c2ccccc2-c2ccc(-c3ccc(N(c4ccccc4)c4ccc5c6c(-c7ccccc7)cccc6n(-c6ccccc6)c5c4)cc3)cc21. The van der Waals surface area contributed by atoms with Crippen molar-refractivity contribution in [1.82, 2.24) is 4.57 Å². The summed E-state index contributed by atoms with van der Waals surface area (Å²) in [6.07, 6.45) is 0. The highest BCUT2D eigenvalue weighted by Crippen LogP contribution is 2.50. The van der Waals surface area contributed by atoms with Gasteiger partial charge in [0.1, 0.15) is 0 Å². The molecule has 0 unspecified atom stereocenters. The van der Waals surface area contributed by atoms with Crippen molar-refractivity contribution in [2.75, 3.05) is 4.90 Å². The maximum atomic E-state index is 2.42. The summed E-state index contributed by atoms with van der Waals surface area (Å²) >= 11 is 0. The highest BCUT2D eigenvalue weighted by atomic mass is 15.1. The Hall–Kier alpha value is -6.64. The fourth-order valence-electron chi connectivity index (χ4n) is 8.62. The monoisotopic (exact) mass is 678 g/mol. The lowest BCUT2D eigenvalue weighted by molar-refractivity contribution is 0.660. The Labute approximate surface area is 310 Å². The van der Waals surface area contributed by atoms with E-state index in [0.29, 0.717) is 0 Å². The second-order valence-electron chi connectivity index (χ2n) is 14.6. The van der Waals surface area contributed by atoms with E-state index in [0.717, 1.165) is 22.7 Å². The molecule has 0 amide bonds. The minimum absolute atomic E-state index is 0.0330. The third-order valence-corrected chi connectivity index (χ3v) is 11.2. The standard InChI is InChI=1S/C51H38N2/c1-51(2)46-23-13-12-21-43(46)44-31-27-37(33-47(44)51)35-25-28-40(29-26-35)52(38-17-8-4-9-18-38)41-30-32-45-49(34-41)53(39-19-10-5-11-20-39)48-24-14-22-42(50(45)48)36-15-6-3-7-16-36/h3-34H,1-2H3. The van der Waals surface area contributed by atoms with E-state index in [1.807, 2.05) is 0 Å². The highest BCUT2D eigenvalue weighted by molar-refractivity contribution is 6.16.